The fourth-order valence-electron chi connectivity index (χ4n) is 5.65. The van der Waals surface area contributed by atoms with Crippen molar-refractivity contribution in [1.29, 1.82) is 0 Å². The number of nitrogens with zero attached hydrogens (tertiary/aromatic N) is 7. The van der Waals surface area contributed by atoms with Gasteiger partial charge in [0.2, 0.25) is 11.6 Å². The molecule has 0 atom stereocenters. The number of ether oxygens (including phenoxy) is 1. The lowest BCUT2D eigenvalue weighted by Gasteiger charge is -2.11. The zero-order valence-corrected chi connectivity index (χ0v) is 27.1. The molecule has 0 aliphatic carbocycles. The van der Waals surface area contributed by atoms with Crippen LogP contribution in [0.15, 0.2) is 107 Å². The van der Waals surface area contributed by atoms with E-state index in [4.69, 9.17) is 9.15 Å². The summed E-state index contributed by atoms with van der Waals surface area (Å²) in [5.74, 6) is 0.318. The van der Waals surface area contributed by atoms with Crippen molar-refractivity contribution in [1.82, 2.24) is 34.0 Å². The number of benzene rings is 3. The summed E-state index contributed by atoms with van der Waals surface area (Å²) in [5.41, 5.74) is 4.25. The van der Waals surface area contributed by atoms with Gasteiger partial charge >= 0.3 is 0 Å². The van der Waals surface area contributed by atoms with Crippen LogP contribution in [0.4, 0.5) is 10.1 Å². The Morgan fingerprint density at radius 3 is 2.35 bits per heavy atom. The van der Waals surface area contributed by atoms with E-state index in [0.717, 1.165) is 28.8 Å². The van der Waals surface area contributed by atoms with Crippen LogP contribution in [-0.2, 0) is 20.6 Å². The number of carbonyl (C=O) groups excluding carboxylic acids is 1. The Hall–Kier alpha value is -6.34. The van der Waals surface area contributed by atoms with E-state index >= 15 is 0 Å². The molecule has 3 aromatic carbocycles. The number of amides is 1. The summed E-state index contributed by atoms with van der Waals surface area (Å²) in [6, 6.07) is 20.4. The third-order valence-electron chi connectivity index (χ3n) is 7.86. The highest BCUT2D eigenvalue weighted by Crippen LogP contribution is 2.44. The van der Waals surface area contributed by atoms with Gasteiger partial charge in [-0.05, 0) is 73.8 Å². The minimum atomic E-state index is -0.588. The zero-order valence-electron chi connectivity index (χ0n) is 27.1. The SMILES string of the molecule is CN(C)Cc1ccc(-c2c(-c3cnn(C)c3)oc3ncnc(Oc4ccc(NC(=O)c5cn(C)n(-c6ccc(F)cc6)c5=O)cc4)c23)cc1. The summed E-state index contributed by atoms with van der Waals surface area (Å²) in [5, 5.41) is 7.69. The number of furan rings is 1. The van der Waals surface area contributed by atoms with Gasteiger partial charge in [-0.2, -0.15) is 5.10 Å². The second-order valence-electron chi connectivity index (χ2n) is 11.8. The van der Waals surface area contributed by atoms with Gasteiger partial charge in [-0.25, -0.2) is 19.0 Å². The van der Waals surface area contributed by atoms with Gasteiger partial charge < -0.3 is 19.4 Å². The Bertz CT molecular complexity index is 2350. The normalized spacial score (nSPS) is 11.4. The number of anilines is 1. The Morgan fingerprint density at radius 2 is 1.67 bits per heavy atom. The third kappa shape index (κ3) is 6.22. The fourth-order valence-corrected chi connectivity index (χ4v) is 5.65. The van der Waals surface area contributed by atoms with Crippen LogP contribution in [0.2, 0.25) is 0 Å². The number of fused-ring (bicyclic) bond motifs is 1. The number of nitrogens with one attached hydrogen (secondary N) is 1. The molecule has 7 rings (SSSR count). The number of aryl methyl sites for hydroxylation is 2. The highest BCUT2D eigenvalue weighted by Gasteiger charge is 2.24. The molecule has 49 heavy (non-hydrogen) atoms. The van der Waals surface area contributed by atoms with Crippen LogP contribution in [0.1, 0.15) is 15.9 Å². The number of carbonyl (C=O) groups is 1. The second kappa shape index (κ2) is 12.7. The molecule has 0 saturated heterocycles. The first kappa shape index (κ1) is 31.3. The highest BCUT2D eigenvalue weighted by atomic mass is 19.1. The van der Waals surface area contributed by atoms with Gasteiger partial charge in [0.25, 0.3) is 11.5 Å². The standard InChI is InChI=1S/C36H31FN8O4/c1-42(2)18-22-5-7-23(8-6-22)30-31-34(38-21-39-35(31)49-32(30)24-17-40-43(3)19-24)48-28-15-11-26(12-16-28)41-33(46)29-20-44(4)45(36(29)47)27-13-9-25(37)10-14-27/h5-17,19-21H,18H2,1-4H3,(H,41,46). The van der Waals surface area contributed by atoms with E-state index in [1.165, 1.54) is 46.2 Å². The van der Waals surface area contributed by atoms with E-state index in [2.05, 4.69) is 37.4 Å². The Kier molecular flexibility index (Phi) is 8.10. The maximum Gasteiger partial charge on any atom is 0.284 e. The molecule has 0 fully saturated rings. The lowest BCUT2D eigenvalue weighted by Crippen LogP contribution is -2.25. The summed E-state index contributed by atoms with van der Waals surface area (Å²) in [7, 11) is 7.52. The maximum absolute atomic E-state index is 13.4. The van der Waals surface area contributed by atoms with Crippen molar-refractivity contribution in [2.45, 2.75) is 6.54 Å². The molecule has 0 saturated carbocycles. The van der Waals surface area contributed by atoms with Crippen LogP contribution in [0.3, 0.4) is 0 Å². The van der Waals surface area contributed by atoms with Gasteiger partial charge in [-0.15, -0.1) is 0 Å². The quantitative estimate of drug-likeness (QED) is 0.200. The molecular formula is C36H31FN8O4. The van der Waals surface area contributed by atoms with Crippen LogP contribution in [0, 0.1) is 5.82 Å². The molecule has 4 aromatic heterocycles. The Morgan fingerprint density at radius 1 is 0.939 bits per heavy atom. The van der Waals surface area contributed by atoms with Gasteiger partial charge in [0.15, 0.2) is 0 Å². The van der Waals surface area contributed by atoms with E-state index < -0.39 is 17.3 Å². The molecule has 1 N–H and O–H groups in total. The summed E-state index contributed by atoms with van der Waals surface area (Å²) in [6.07, 6.45) is 6.41. The van der Waals surface area contributed by atoms with E-state index in [-0.39, 0.29) is 5.56 Å². The van der Waals surface area contributed by atoms with Crippen molar-refractivity contribution in [2.24, 2.45) is 14.1 Å². The average molecular weight is 659 g/mol. The lowest BCUT2D eigenvalue weighted by molar-refractivity contribution is 0.102. The number of halogens is 1. The predicted molar refractivity (Wildman–Crippen MR) is 182 cm³/mol. The Labute approximate surface area is 279 Å². The Balaban J connectivity index is 1.17. The molecular weight excluding hydrogens is 627 g/mol. The highest BCUT2D eigenvalue weighted by molar-refractivity contribution is 6.04. The van der Waals surface area contributed by atoms with Crippen molar-refractivity contribution in [3.05, 3.63) is 125 Å². The summed E-state index contributed by atoms with van der Waals surface area (Å²) in [4.78, 5) is 37.2. The number of rotatable bonds is 9. The number of aromatic nitrogens is 6. The van der Waals surface area contributed by atoms with Crippen molar-refractivity contribution < 1.29 is 18.3 Å². The van der Waals surface area contributed by atoms with E-state index in [1.807, 2.05) is 39.5 Å². The van der Waals surface area contributed by atoms with Crippen molar-refractivity contribution >= 4 is 22.7 Å². The topological polar surface area (TPSA) is 125 Å². The molecule has 0 bridgehead atoms. The molecule has 1 amide bonds. The molecule has 13 heteroatoms. The number of hydrogen-bond acceptors (Lipinski definition) is 8. The van der Waals surface area contributed by atoms with Gasteiger partial charge in [-0.1, -0.05) is 24.3 Å². The summed E-state index contributed by atoms with van der Waals surface area (Å²) in [6.45, 7) is 0.801. The minimum Gasteiger partial charge on any atom is -0.438 e. The van der Waals surface area contributed by atoms with Gasteiger partial charge in [0, 0.05) is 44.3 Å². The molecule has 0 aliphatic rings. The van der Waals surface area contributed by atoms with E-state index in [0.29, 0.717) is 39.9 Å². The van der Waals surface area contributed by atoms with Crippen LogP contribution < -0.4 is 15.6 Å². The molecule has 246 valence electrons. The molecule has 7 aromatic rings. The summed E-state index contributed by atoms with van der Waals surface area (Å²) < 4.78 is 30.5. The predicted octanol–water partition coefficient (Wildman–Crippen LogP) is 6.03. The fraction of sp³-hybridized carbons (Fsp3) is 0.139. The van der Waals surface area contributed by atoms with Crippen LogP contribution in [0.5, 0.6) is 11.6 Å². The van der Waals surface area contributed by atoms with E-state index in [9.17, 15) is 14.0 Å². The monoisotopic (exact) mass is 658 g/mol. The van der Waals surface area contributed by atoms with Crippen molar-refractivity contribution in [3.8, 4) is 39.8 Å². The average Bonchev–Trinajstić information content (AvgIpc) is 3.77. The molecule has 0 radical (unpaired) electrons. The number of hydrogen-bond donors (Lipinski definition) is 1. The van der Waals surface area contributed by atoms with Crippen LogP contribution in [-0.4, -0.2) is 54.0 Å². The molecule has 0 unspecified atom stereocenters. The van der Waals surface area contributed by atoms with Gasteiger partial charge in [-0.3, -0.25) is 19.0 Å². The molecule has 0 aliphatic heterocycles. The third-order valence-corrected chi connectivity index (χ3v) is 7.86. The summed E-state index contributed by atoms with van der Waals surface area (Å²) >= 11 is 0. The molecule has 12 nitrogen and oxygen atoms in total. The lowest BCUT2D eigenvalue weighted by atomic mass is 9.99. The van der Waals surface area contributed by atoms with Crippen molar-refractivity contribution in [3.63, 3.8) is 0 Å². The van der Waals surface area contributed by atoms with Gasteiger partial charge in [0.1, 0.15) is 34.6 Å². The molecule has 4 heterocycles. The minimum absolute atomic E-state index is 0.0674. The largest absolute Gasteiger partial charge is 0.438 e. The first-order valence-electron chi connectivity index (χ1n) is 15.3. The smallest absolute Gasteiger partial charge is 0.284 e. The second-order valence-corrected chi connectivity index (χ2v) is 11.8. The maximum atomic E-state index is 13.4. The van der Waals surface area contributed by atoms with Gasteiger partial charge in [0.05, 0.1) is 17.4 Å². The van der Waals surface area contributed by atoms with Crippen molar-refractivity contribution in [2.75, 3.05) is 19.4 Å². The van der Waals surface area contributed by atoms with Crippen LogP contribution in [0.25, 0.3) is 39.2 Å². The zero-order chi connectivity index (χ0) is 34.2. The first-order chi connectivity index (χ1) is 23.6. The first-order valence-corrected chi connectivity index (χ1v) is 15.3. The van der Waals surface area contributed by atoms with E-state index in [1.54, 1.807) is 42.2 Å². The molecule has 0 spiro atoms. The van der Waals surface area contributed by atoms with Crippen LogP contribution >= 0.6 is 0 Å².